The van der Waals surface area contributed by atoms with E-state index in [4.69, 9.17) is 0 Å². The molecule has 0 aromatic rings. The number of alkyl halides is 9. The summed E-state index contributed by atoms with van der Waals surface area (Å²) in [6, 6.07) is 0. The highest BCUT2D eigenvalue weighted by Crippen LogP contribution is 2.40. The van der Waals surface area contributed by atoms with Gasteiger partial charge < -0.3 is 4.74 Å². The lowest BCUT2D eigenvalue weighted by Crippen LogP contribution is -2.53. The van der Waals surface area contributed by atoms with Crippen LogP contribution in [-0.2, 0) is 4.74 Å². The molecular formula is C6H5F9O. The van der Waals surface area contributed by atoms with E-state index in [9.17, 15) is 39.5 Å². The van der Waals surface area contributed by atoms with Gasteiger partial charge in [-0.25, -0.2) is 13.2 Å². The SMILES string of the molecule is FC(F)OCC(F)(F)C(F)(F)C(F)C(F)F. The summed E-state index contributed by atoms with van der Waals surface area (Å²) in [5, 5.41) is 0. The zero-order chi connectivity index (χ0) is 13.1. The third kappa shape index (κ3) is 3.42. The van der Waals surface area contributed by atoms with Crippen molar-refractivity contribution < 1.29 is 44.3 Å². The van der Waals surface area contributed by atoms with Crippen molar-refractivity contribution in [2.24, 2.45) is 0 Å². The van der Waals surface area contributed by atoms with Crippen molar-refractivity contribution in [3.63, 3.8) is 0 Å². The van der Waals surface area contributed by atoms with Crippen LogP contribution < -0.4 is 0 Å². The van der Waals surface area contributed by atoms with Crippen LogP contribution in [0.15, 0.2) is 0 Å². The van der Waals surface area contributed by atoms with E-state index < -0.39 is 37.7 Å². The summed E-state index contributed by atoms with van der Waals surface area (Å²) in [6.07, 6.45) is -8.84. The van der Waals surface area contributed by atoms with Gasteiger partial charge in [-0.15, -0.1) is 0 Å². The maximum absolute atomic E-state index is 12.4. The number of rotatable bonds is 6. The van der Waals surface area contributed by atoms with Crippen molar-refractivity contribution in [2.45, 2.75) is 31.1 Å². The summed E-state index contributed by atoms with van der Waals surface area (Å²) in [5.41, 5.74) is 0. The first-order valence-electron chi connectivity index (χ1n) is 3.60. The fourth-order valence-corrected chi connectivity index (χ4v) is 0.624. The summed E-state index contributed by atoms with van der Waals surface area (Å²) in [6.45, 7) is -6.36. The number of hydrogen-bond donors (Lipinski definition) is 0. The highest BCUT2D eigenvalue weighted by atomic mass is 19.3. The summed E-state index contributed by atoms with van der Waals surface area (Å²) < 4.78 is 110. The minimum Gasteiger partial charge on any atom is -0.316 e. The van der Waals surface area contributed by atoms with Crippen molar-refractivity contribution in [1.82, 2.24) is 0 Å². The second kappa shape index (κ2) is 5.11. The van der Waals surface area contributed by atoms with Crippen LogP contribution in [0.25, 0.3) is 0 Å². The van der Waals surface area contributed by atoms with E-state index in [1.165, 1.54) is 0 Å². The number of halogens is 9. The van der Waals surface area contributed by atoms with Crippen molar-refractivity contribution in [3.8, 4) is 0 Å². The first kappa shape index (κ1) is 15.3. The Morgan fingerprint density at radius 1 is 0.875 bits per heavy atom. The molecule has 0 radical (unpaired) electrons. The lowest BCUT2D eigenvalue weighted by Gasteiger charge is -2.28. The normalized spacial score (nSPS) is 15.9. The van der Waals surface area contributed by atoms with Gasteiger partial charge in [0.1, 0.15) is 6.61 Å². The molecule has 10 heteroatoms. The Hall–Kier alpha value is -0.670. The van der Waals surface area contributed by atoms with Gasteiger partial charge >= 0.3 is 18.5 Å². The number of ether oxygens (including phenoxy) is 1. The molecule has 0 N–H and O–H groups in total. The van der Waals surface area contributed by atoms with E-state index in [1.807, 2.05) is 0 Å². The third-order valence-corrected chi connectivity index (χ3v) is 1.45. The van der Waals surface area contributed by atoms with Crippen LogP contribution in [0.1, 0.15) is 0 Å². The second-order valence-electron chi connectivity index (χ2n) is 2.64. The molecule has 0 bridgehead atoms. The molecule has 0 spiro atoms. The molecule has 0 fully saturated rings. The Kier molecular flexibility index (Phi) is 4.89. The molecule has 1 unspecified atom stereocenters. The topological polar surface area (TPSA) is 9.23 Å². The molecule has 0 aliphatic carbocycles. The van der Waals surface area contributed by atoms with Crippen LogP contribution in [0.4, 0.5) is 39.5 Å². The Morgan fingerprint density at radius 3 is 1.62 bits per heavy atom. The predicted molar refractivity (Wildman–Crippen MR) is 32.8 cm³/mol. The molecule has 1 nitrogen and oxygen atoms in total. The molecule has 1 atom stereocenters. The highest BCUT2D eigenvalue weighted by molar-refractivity contribution is 4.92. The number of hydrogen-bond acceptors (Lipinski definition) is 1. The monoisotopic (exact) mass is 264 g/mol. The van der Waals surface area contributed by atoms with Crippen molar-refractivity contribution >= 4 is 0 Å². The second-order valence-corrected chi connectivity index (χ2v) is 2.64. The zero-order valence-corrected chi connectivity index (χ0v) is 7.25. The van der Waals surface area contributed by atoms with Gasteiger partial charge in [0.2, 0.25) is 6.17 Å². The average molecular weight is 264 g/mol. The average Bonchev–Trinajstić information content (AvgIpc) is 2.13. The van der Waals surface area contributed by atoms with E-state index in [1.54, 1.807) is 0 Å². The first-order chi connectivity index (χ1) is 7.02. The molecule has 98 valence electrons. The maximum Gasteiger partial charge on any atom is 0.348 e. The van der Waals surface area contributed by atoms with Crippen molar-refractivity contribution in [3.05, 3.63) is 0 Å². The van der Waals surface area contributed by atoms with Crippen LogP contribution in [0.5, 0.6) is 0 Å². The summed E-state index contributed by atoms with van der Waals surface area (Å²) >= 11 is 0. The summed E-state index contributed by atoms with van der Waals surface area (Å²) in [7, 11) is 0. The minimum atomic E-state index is -5.80. The van der Waals surface area contributed by atoms with Gasteiger partial charge in [-0.3, -0.25) is 0 Å². The standard InChI is InChI=1S/C6H5F9O/c7-2(3(8)9)6(14,15)5(12,13)1-16-4(10)11/h2-4H,1H2. The van der Waals surface area contributed by atoms with Gasteiger partial charge in [0.15, 0.2) is 0 Å². The Balaban J connectivity index is 4.69. The van der Waals surface area contributed by atoms with E-state index in [-0.39, 0.29) is 0 Å². The maximum atomic E-state index is 12.4. The van der Waals surface area contributed by atoms with Crippen LogP contribution >= 0.6 is 0 Å². The quantitative estimate of drug-likeness (QED) is 0.670. The molecule has 0 aromatic carbocycles. The first-order valence-corrected chi connectivity index (χ1v) is 3.60. The molecule has 0 saturated carbocycles. The molecule has 16 heavy (non-hydrogen) atoms. The Labute approximate surface area is 83.2 Å². The van der Waals surface area contributed by atoms with E-state index in [2.05, 4.69) is 4.74 Å². The van der Waals surface area contributed by atoms with Crippen LogP contribution in [-0.4, -0.2) is 37.7 Å². The smallest absolute Gasteiger partial charge is 0.316 e. The molecule has 0 aliphatic rings. The molecule has 0 saturated heterocycles. The molecule has 0 rings (SSSR count). The van der Waals surface area contributed by atoms with Crippen molar-refractivity contribution in [2.75, 3.05) is 6.61 Å². The Morgan fingerprint density at radius 2 is 1.31 bits per heavy atom. The largest absolute Gasteiger partial charge is 0.348 e. The zero-order valence-electron chi connectivity index (χ0n) is 7.25. The van der Waals surface area contributed by atoms with Gasteiger partial charge in [-0.2, -0.15) is 26.3 Å². The molecule has 0 heterocycles. The van der Waals surface area contributed by atoms with Gasteiger partial charge in [-0.1, -0.05) is 0 Å². The fourth-order valence-electron chi connectivity index (χ4n) is 0.624. The lowest BCUT2D eigenvalue weighted by molar-refractivity contribution is -0.289. The van der Waals surface area contributed by atoms with Crippen LogP contribution in [0, 0.1) is 0 Å². The van der Waals surface area contributed by atoms with Crippen LogP contribution in [0.3, 0.4) is 0 Å². The van der Waals surface area contributed by atoms with Gasteiger partial charge in [-0.05, 0) is 0 Å². The predicted octanol–water partition coefficient (Wildman–Crippen LogP) is 3.10. The highest BCUT2D eigenvalue weighted by Gasteiger charge is 2.64. The lowest BCUT2D eigenvalue weighted by atomic mass is 10.1. The minimum absolute atomic E-state index is 2.56. The van der Waals surface area contributed by atoms with E-state index in [0.717, 1.165) is 0 Å². The third-order valence-electron chi connectivity index (χ3n) is 1.45. The van der Waals surface area contributed by atoms with Gasteiger partial charge in [0.25, 0.3) is 6.43 Å². The summed E-state index contributed by atoms with van der Waals surface area (Å²) in [4.78, 5) is 0. The van der Waals surface area contributed by atoms with Crippen LogP contribution in [0.2, 0.25) is 0 Å². The Bertz CT molecular complexity index is 216. The summed E-state index contributed by atoms with van der Waals surface area (Å²) in [5.74, 6) is -11.3. The molecular weight excluding hydrogens is 259 g/mol. The molecule has 0 aliphatic heterocycles. The van der Waals surface area contributed by atoms with Gasteiger partial charge in [0, 0.05) is 0 Å². The fraction of sp³-hybridized carbons (Fsp3) is 1.00. The van der Waals surface area contributed by atoms with Gasteiger partial charge in [0.05, 0.1) is 0 Å². The van der Waals surface area contributed by atoms with E-state index >= 15 is 0 Å². The van der Waals surface area contributed by atoms with Crippen molar-refractivity contribution in [1.29, 1.82) is 0 Å². The molecule has 0 amide bonds. The van der Waals surface area contributed by atoms with E-state index in [0.29, 0.717) is 0 Å². The molecule has 0 aromatic heterocycles.